The number of hydrogen-bond acceptors (Lipinski definition) is 6. The van der Waals surface area contributed by atoms with Gasteiger partial charge >= 0.3 is 0 Å². The van der Waals surface area contributed by atoms with E-state index in [4.69, 9.17) is 5.73 Å². The Bertz CT molecular complexity index is 998. The summed E-state index contributed by atoms with van der Waals surface area (Å²) in [6.45, 7) is 0.0973. The van der Waals surface area contributed by atoms with Crippen LogP contribution in [0.25, 0.3) is 20.8 Å². The van der Waals surface area contributed by atoms with Crippen molar-refractivity contribution in [3.63, 3.8) is 0 Å². The summed E-state index contributed by atoms with van der Waals surface area (Å²) in [6, 6.07) is 15.9. The van der Waals surface area contributed by atoms with Crippen LogP contribution in [0, 0.1) is 0 Å². The van der Waals surface area contributed by atoms with Crippen molar-refractivity contribution in [3.05, 3.63) is 60.3 Å². The summed E-state index contributed by atoms with van der Waals surface area (Å²) in [5.74, 6) is 0.463. The molecule has 7 heteroatoms. The van der Waals surface area contributed by atoms with Gasteiger partial charge in [0.05, 0.1) is 32.5 Å². The van der Waals surface area contributed by atoms with Gasteiger partial charge in [-0.25, -0.2) is 4.98 Å². The number of nitrogen functional groups attached to an aromatic ring is 1. The van der Waals surface area contributed by atoms with Crippen LogP contribution >= 0.6 is 11.3 Å². The molecule has 3 aromatic heterocycles. The molecule has 0 fully saturated rings. The molecule has 4 rings (SSSR count). The predicted octanol–water partition coefficient (Wildman–Crippen LogP) is 3.80. The third-order valence-corrected chi connectivity index (χ3v) is 5.41. The van der Waals surface area contributed by atoms with E-state index in [1.54, 1.807) is 17.5 Å². The number of benzene rings is 1. The molecule has 0 aliphatic heterocycles. The number of aliphatic hydroxyl groups is 1. The van der Waals surface area contributed by atoms with Crippen LogP contribution in [0.15, 0.2) is 54.7 Å². The number of rotatable bonds is 6. The van der Waals surface area contributed by atoms with E-state index in [1.807, 2.05) is 36.4 Å². The fourth-order valence-electron chi connectivity index (χ4n) is 3.00. The summed E-state index contributed by atoms with van der Waals surface area (Å²) in [5.41, 5.74) is 9.86. The molecule has 0 saturated heterocycles. The zero-order valence-electron chi connectivity index (χ0n) is 14.0. The summed E-state index contributed by atoms with van der Waals surface area (Å²) in [4.78, 5) is 5.51. The topological polar surface area (TPSA) is 99.9 Å². The Balaban J connectivity index is 1.75. The maximum atomic E-state index is 9.49. The fourth-order valence-corrected chi connectivity index (χ4v) is 4.05. The van der Waals surface area contributed by atoms with Crippen LogP contribution in [0.1, 0.15) is 18.0 Å². The number of H-pyrrole nitrogens is 1. The van der Waals surface area contributed by atoms with Crippen molar-refractivity contribution < 1.29 is 5.11 Å². The lowest BCUT2D eigenvalue weighted by Crippen LogP contribution is -2.13. The molecule has 132 valence electrons. The molecule has 5 N–H and O–H groups in total. The van der Waals surface area contributed by atoms with Crippen LogP contribution < -0.4 is 11.1 Å². The zero-order valence-corrected chi connectivity index (χ0v) is 14.8. The Morgan fingerprint density at radius 2 is 2.04 bits per heavy atom. The minimum absolute atomic E-state index is 0.0103. The molecule has 0 aliphatic rings. The lowest BCUT2D eigenvalue weighted by molar-refractivity contribution is 0.280. The van der Waals surface area contributed by atoms with Crippen LogP contribution in [0.2, 0.25) is 0 Å². The number of hydrogen-bond donors (Lipinski definition) is 4. The number of aliphatic hydroxyl groups excluding tert-OH is 1. The minimum atomic E-state index is -0.0103. The Hall–Kier alpha value is -2.90. The molecular formula is C19H19N5OS. The van der Waals surface area contributed by atoms with E-state index in [0.29, 0.717) is 12.2 Å². The lowest BCUT2D eigenvalue weighted by atomic mass is 10.0. The fraction of sp³-hybridized carbons (Fsp3) is 0.158. The Labute approximate surface area is 154 Å². The number of nitrogens with two attached hydrogens (primary N) is 1. The van der Waals surface area contributed by atoms with Crippen molar-refractivity contribution in [1.82, 2.24) is 15.2 Å². The van der Waals surface area contributed by atoms with Crippen LogP contribution in [0.5, 0.6) is 0 Å². The number of anilines is 2. The van der Waals surface area contributed by atoms with E-state index in [0.717, 1.165) is 32.0 Å². The first-order valence-electron chi connectivity index (χ1n) is 8.37. The standard InChI is InChI=1S/C19H19N5OS/c20-18-11-16(22-13(7-9-25)12-4-2-1-3-5-12)19-15(23-18)10-17(26-19)14-6-8-21-24-14/h1-6,8,10-11,13,25H,7,9H2,(H,21,24)(H3,20,22,23). The van der Waals surface area contributed by atoms with Crippen molar-refractivity contribution in [1.29, 1.82) is 0 Å². The zero-order chi connectivity index (χ0) is 17.9. The number of thiophene rings is 1. The van der Waals surface area contributed by atoms with E-state index < -0.39 is 0 Å². The first-order chi connectivity index (χ1) is 12.7. The van der Waals surface area contributed by atoms with Crippen LogP contribution in [-0.4, -0.2) is 26.9 Å². The average molecular weight is 365 g/mol. The average Bonchev–Trinajstić information content (AvgIpc) is 3.31. The second-order valence-electron chi connectivity index (χ2n) is 6.01. The molecule has 3 heterocycles. The highest BCUT2D eigenvalue weighted by molar-refractivity contribution is 7.22. The third-order valence-electron chi connectivity index (χ3n) is 4.21. The second-order valence-corrected chi connectivity index (χ2v) is 7.06. The highest BCUT2D eigenvalue weighted by Gasteiger charge is 2.16. The second kappa shape index (κ2) is 7.15. The third kappa shape index (κ3) is 3.26. The smallest absolute Gasteiger partial charge is 0.126 e. The number of fused-ring (bicyclic) bond motifs is 1. The predicted molar refractivity (Wildman–Crippen MR) is 106 cm³/mol. The quantitative estimate of drug-likeness (QED) is 0.416. The van der Waals surface area contributed by atoms with Gasteiger partial charge in [-0.05, 0) is 24.1 Å². The van der Waals surface area contributed by atoms with Crippen molar-refractivity contribution in [3.8, 4) is 10.6 Å². The monoisotopic (exact) mass is 365 g/mol. The summed E-state index contributed by atoms with van der Waals surface area (Å²) < 4.78 is 1.03. The first-order valence-corrected chi connectivity index (χ1v) is 9.18. The molecule has 0 spiro atoms. The number of aromatic nitrogens is 3. The van der Waals surface area contributed by atoms with E-state index in [9.17, 15) is 5.11 Å². The Kier molecular flexibility index (Phi) is 4.55. The number of pyridine rings is 1. The van der Waals surface area contributed by atoms with Gasteiger partial charge in [-0.3, -0.25) is 5.10 Å². The molecule has 1 unspecified atom stereocenters. The summed E-state index contributed by atoms with van der Waals surface area (Å²) in [7, 11) is 0. The molecule has 0 aliphatic carbocycles. The van der Waals surface area contributed by atoms with Crippen LogP contribution in [0.4, 0.5) is 11.5 Å². The molecule has 1 aromatic carbocycles. The van der Waals surface area contributed by atoms with Gasteiger partial charge in [0.2, 0.25) is 0 Å². The summed E-state index contributed by atoms with van der Waals surface area (Å²) in [5, 5.41) is 20.0. The van der Waals surface area contributed by atoms with Crippen molar-refractivity contribution in [2.45, 2.75) is 12.5 Å². The Morgan fingerprint density at radius 3 is 2.77 bits per heavy atom. The lowest BCUT2D eigenvalue weighted by Gasteiger charge is -2.20. The molecule has 26 heavy (non-hydrogen) atoms. The molecule has 0 bridgehead atoms. The largest absolute Gasteiger partial charge is 0.396 e. The van der Waals surface area contributed by atoms with E-state index >= 15 is 0 Å². The summed E-state index contributed by atoms with van der Waals surface area (Å²) >= 11 is 1.63. The number of nitrogens with one attached hydrogen (secondary N) is 2. The van der Waals surface area contributed by atoms with Crippen molar-refractivity contribution in [2.24, 2.45) is 0 Å². The SMILES string of the molecule is Nc1cc(NC(CCO)c2ccccc2)c2sc(-c3ccn[nH]3)cc2n1. The Morgan fingerprint density at radius 1 is 1.19 bits per heavy atom. The molecule has 6 nitrogen and oxygen atoms in total. The number of aromatic amines is 1. The van der Waals surface area contributed by atoms with Gasteiger partial charge in [0, 0.05) is 18.9 Å². The van der Waals surface area contributed by atoms with Crippen molar-refractivity contribution >= 4 is 33.1 Å². The van der Waals surface area contributed by atoms with Gasteiger partial charge in [0.1, 0.15) is 5.82 Å². The van der Waals surface area contributed by atoms with Crippen molar-refractivity contribution in [2.75, 3.05) is 17.7 Å². The molecule has 4 aromatic rings. The van der Waals surface area contributed by atoms with Gasteiger partial charge in [-0.15, -0.1) is 11.3 Å². The number of nitrogens with zero attached hydrogens (tertiary/aromatic N) is 2. The highest BCUT2D eigenvalue weighted by Crippen LogP contribution is 2.38. The van der Waals surface area contributed by atoms with Crippen LogP contribution in [0.3, 0.4) is 0 Å². The molecular weight excluding hydrogens is 346 g/mol. The summed E-state index contributed by atoms with van der Waals surface area (Å²) in [6.07, 6.45) is 2.33. The highest BCUT2D eigenvalue weighted by atomic mass is 32.1. The molecule has 0 saturated carbocycles. The van der Waals surface area contributed by atoms with Crippen LogP contribution in [-0.2, 0) is 0 Å². The van der Waals surface area contributed by atoms with Gasteiger partial charge in [-0.1, -0.05) is 30.3 Å². The van der Waals surface area contributed by atoms with Gasteiger partial charge in [0.15, 0.2) is 0 Å². The van der Waals surface area contributed by atoms with E-state index in [1.165, 1.54) is 0 Å². The maximum Gasteiger partial charge on any atom is 0.126 e. The van der Waals surface area contributed by atoms with E-state index in [-0.39, 0.29) is 12.6 Å². The van der Waals surface area contributed by atoms with E-state index in [2.05, 4.69) is 32.6 Å². The maximum absolute atomic E-state index is 9.49. The molecule has 0 amide bonds. The van der Waals surface area contributed by atoms with Gasteiger partial charge < -0.3 is 16.2 Å². The molecule has 1 atom stereocenters. The molecule has 0 radical (unpaired) electrons. The minimum Gasteiger partial charge on any atom is -0.396 e. The first kappa shape index (κ1) is 16.6. The normalized spacial score (nSPS) is 12.3. The van der Waals surface area contributed by atoms with Gasteiger partial charge in [0.25, 0.3) is 0 Å². The van der Waals surface area contributed by atoms with Gasteiger partial charge in [-0.2, -0.15) is 5.10 Å².